The average molecular weight is 341 g/mol. The van der Waals surface area contributed by atoms with Crippen molar-refractivity contribution in [2.24, 2.45) is 5.92 Å². The third-order valence-electron chi connectivity index (χ3n) is 4.63. The lowest BCUT2D eigenvalue weighted by molar-refractivity contribution is -0.150. The third kappa shape index (κ3) is 16.3. The largest absolute Gasteiger partial charge is 0.462 e. The lowest BCUT2D eigenvalue weighted by Gasteiger charge is -2.19. The molecule has 0 heterocycles. The molecule has 2 heteroatoms. The minimum Gasteiger partial charge on any atom is -0.462 e. The molecule has 0 atom stereocenters. The molecule has 0 unspecified atom stereocenters. The first-order chi connectivity index (χ1) is 11.6. The molecular formula is C22H44O2. The van der Waals surface area contributed by atoms with Crippen molar-refractivity contribution >= 4 is 5.97 Å². The Morgan fingerprint density at radius 3 is 1.54 bits per heavy atom. The molecule has 0 aliphatic heterocycles. The van der Waals surface area contributed by atoms with Crippen molar-refractivity contribution in [3.8, 4) is 0 Å². The first kappa shape index (κ1) is 23.5. The summed E-state index contributed by atoms with van der Waals surface area (Å²) >= 11 is 0. The van der Waals surface area contributed by atoms with Crippen molar-refractivity contribution in [2.45, 2.75) is 130 Å². The van der Waals surface area contributed by atoms with Crippen LogP contribution in [0.3, 0.4) is 0 Å². The number of rotatable bonds is 17. The standard InChI is InChI=1S/C22H44O2/c1-5-7-9-11-13-15-17-21(24-22(23)19-20(3)4)18-16-14-12-10-8-6-2/h20-21H,5-19H2,1-4H3. The number of hydrogen-bond acceptors (Lipinski definition) is 2. The number of carbonyl (C=O) groups excluding carboxylic acids is 1. The Labute approximate surface area is 152 Å². The summed E-state index contributed by atoms with van der Waals surface area (Å²) in [6.45, 7) is 8.67. The van der Waals surface area contributed by atoms with E-state index in [1.54, 1.807) is 0 Å². The topological polar surface area (TPSA) is 26.3 Å². The molecule has 0 saturated carbocycles. The number of carbonyl (C=O) groups is 1. The highest BCUT2D eigenvalue weighted by Gasteiger charge is 2.15. The lowest BCUT2D eigenvalue weighted by Crippen LogP contribution is -2.19. The lowest BCUT2D eigenvalue weighted by atomic mass is 10.0. The van der Waals surface area contributed by atoms with E-state index in [9.17, 15) is 4.79 Å². The van der Waals surface area contributed by atoms with Crippen molar-refractivity contribution in [1.29, 1.82) is 0 Å². The van der Waals surface area contributed by atoms with Crippen LogP contribution in [0.4, 0.5) is 0 Å². The summed E-state index contributed by atoms with van der Waals surface area (Å²) in [7, 11) is 0. The maximum absolute atomic E-state index is 12.0. The fourth-order valence-electron chi connectivity index (χ4n) is 3.13. The van der Waals surface area contributed by atoms with Crippen molar-refractivity contribution in [3.05, 3.63) is 0 Å². The molecule has 0 N–H and O–H groups in total. The molecule has 0 radical (unpaired) electrons. The zero-order chi connectivity index (χ0) is 18.0. The number of hydrogen-bond donors (Lipinski definition) is 0. The molecule has 0 aliphatic carbocycles. The van der Waals surface area contributed by atoms with Gasteiger partial charge in [0, 0.05) is 6.42 Å². The zero-order valence-corrected chi connectivity index (χ0v) is 17.1. The molecule has 0 saturated heterocycles. The Kier molecular flexibility index (Phi) is 16.9. The van der Waals surface area contributed by atoms with Crippen LogP contribution in [-0.2, 0) is 9.53 Å². The second-order valence-electron chi connectivity index (χ2n) is 7.82. The molecule has 0 rings (SSSR count). The summed E-state index contributed by atoms with van der Waals surface area (Å²) < 4.78 is 5.78. The normalized spacial score (nSPS) is 11.4. The second kappa shape index (κ2) is 17.3. The fourth-order valence-corrected chi connectivity index (χ4v) is 3.13. The van der Waals surface area contributed by atoms with Crippen molar-refractivity contribution in [3.63, 3.8) is 0 Å². The SMILES string of the molecule is CCCCCCCCC(CCCCCCCC)OC(=O)CC(C)C. The van der Waals surface area contributed by atoms with Gasteiger partial charge in [0.25, 0.3) is 0 Å². The molecule has 0 aromatic carbocycles. The van der Waals surface area contributed by atoms with Crippen LogP contribution in [0.25, 0.3) is 0 Å². The van der Waals surface area contributed by atoms with Crippen molar-refractivity contribution in [1.82, 2.24) is 0 Å². The quantitative estimate of drug-likeness (QED) is 0.203. The van der Waals surface area contributed by atoms with Gasteiger partial charge in [-0.25, -0.2) is 0 Å². The van der Waals surface area contributed by atoms with Crippen LogP contribution in [-0.4, -0.2) is 12.1 Å². The third-order valence-corrected chi connectivity index (χ3v) is 4.63. The minimum atomic E-state index is 0.00645. The van der Waals surface area contributed by atoms with Crippen molar-refractivity contribution in [2.75, 3.05) is 0 Å². The first-order valence-corrected chi connectivity index (χ1v) is 10.8. The average Bonchev–Trinajstić information content (AvgIpc) is 2.52. The van der Waals surface area contributed by atoms with Gasteiger partial charge in [-0.15, -0.1) is 0 Å². The Morgan fingerprint density at radius 1 is 0.708 bits per heavy atom. The Balaban J connectivity index is 3.97. The summed E-state index contributed by atoms with van der Waals surface area (Å²) in [5, 5.41) is 0. The van der Waals surface area contributed by atoms with Gasteiger partial charge in [0.2, 0.25) is 0 Å². The van der Waals surface area contributed by atoms with Crippen LogP contribution in [0, 0.1) is 5.92 Å². The van der Waals surface area contributed by atoms with E-state index in [1.807, 2.05) is 0 Å². The molecule has 24 heavy (non-hydrogen) atoms. The predicted molar refractivity (Wildman–Crippen MR) is 105 cm³/mol. The van der Waals surface area contributed by atoms with E-state index >= 15 is 0 Å². The number of esters is 1. The first-order valence-electron chi connectivity index (χ1n) is 10.8. The molecule has 0 bridgehead atoms. The minimum absolute atomic E-state index is 0.00645. The summed E-state index contributed by atoms with van der Waals surface area (Å²) in [5.74, 6) is 0.396. The van der Waals surface area contributed by atoms with E-state index in [0.717, 1.165) is 12.8 Å². The maximum atomic E-state index is 12.0. The monoisotopic (exact) mass is 340 g/mol. The molecule has 0 spiro atoms. The van der Waals surface area contributed by atoms with E-state index in [0.29, 0.717) is 12.3 Å². The van der Waals surface area contributed by atoms with Gasteiger partial charge in [0.05, 0.1) is 0 Å². The van der Waals surface area contributed by atoms with Gasteiger partial charge in [-0.2, -0.15) is 0 Å². The molecule has 0 amide bonds. The summed E-state index contributed by atoms with van der Waals surface area (Å²) in [6, 6.07) is 0. The van der Waals surface area contributed by atoms with Crippen LogP contribution < -0.4 is 0 Å². The van der Waals surface area contributed by atoms with Gasteiger partial charge in [-0.3, -0.25) is 4.79 Å². The maximum Gasteiger partial charge on any atom is 0.306 e. The number of unbranched alkanes of at least 4 members (excludes halogenated alkanes) is 10. The van der Waals surface area contributed by atoms with Gasteiger partial charge in [0.15, 0.2) is 0 Å². The van der Waals surface area contributed by atoms with E-state index in [-0.39, 0.29) is 12.1 Å². The predicted octanol–water partition coefficient (Wildman–Crippen LogP) is 7.45. The number of ether oxygens (including phenoxy) is 1. The summed E-state index contributed by atoms with van der Waals surface area (Å²) in [6.07, 6.45) is 18.5. The fraction of sp³-hybridized carbons (Fsp3) is 0.955. The molecule has 144 valence electrons. The Hall–Kier alpha value is -0.530. The van der Waals surface area contributed by atoms with Crippen LogP contribution in [0.5, 0.6) is 0 Å². The molecule has 0 aliphatic rings. The summed E-state index contributed by atoms with van der Waals surface area (Å²) in [4.78, 5) is 12.0. The molecule has 0 fully saturated rings. The van der Waals surface area contributed by atoms with Gasteiger partial charge in [0.1, 0.15) is 6.10 Å². The molecule has 0 aromatic heterocycles. The van der Waals surface area contributed by atoms with Crippen LogP contribution in [0.15, 0.2) is 0 Å². The van der Waals surface area contributed by atoms with Gasteiger partial charge >= 0.3 is 5.97 Å². The van der Waals surface area contributed by atoms with E-state index in [2.05, 4.69) is 27.7 Å². The van der Waals surface area contributed by atoms with Crippen molar-refractivity contribution < 1.29 is 9.53 Å². The van der Waals surface area contributed by atoms with Gasteiger partial charge in [-0.1, -0.05) is 91.9 Å². The molecular weight excluding hydrogens is 296 g/mol. The second-order valence-corrected chi connectivity index (χ2v) is 7.82. The van der Waals surface area contributed by atoms with Gasteiger partial charge < -0.3 is 4.74 Å². The highest BCUT2D eigenvalue weighted by molar-refractivity contribution is 5.69. The van der Waals surface area contributed by atoms with E-state index in [4.69, 9.17) is 4.74 Å². The Bertz CT molecular complexity index is 257. The van der Waals surface area contributed by atoms with E-state index < -0.39 is 0 Å². The Morgan fingerprint density at radius 2 is 1.12 bits per heavy atom. The summed E-state index contributed by atoms with van der Waals surface area (Å²) in [5.41, 5.74) is 0. The van der Waals surface area contributed by atoms with Crippen LogP contribution in [0.2, 0.25) is 0 Å². The highest BCUT2D eigenvalue weighted by Crippen LogP contribution is 2.18. The highest BCUT2D eigenvalue weighted by atomic mass is 16.5. The zero-order valence-electron chi connectivity index (χ0n) is 17.1. The smallest absolute Gasteiger partial charge is 0.306 e. The molecule has 2 nitrogen and oxygen atoms in total. The molecule has 0 aromatic rings. The van der Waals surface area contributed by atoms with Gasteiger partial charge in [-0.05, 0) is 31.6 Å². The van der Waals surface area contributed by atoms with Crippen LogP contribution >= 0.6 is 0 Å². The van der Waals surface area contributed by atoms with E-state index in [1.165, 1.54) is 77.0 Å². The van der Waals surface area contributed by atoms with Crippen LogP contribution in [0.1, 0.15) is 124 Å².